The molecule has 3 heteroatoms. The molecule has 1 heterocycles. The summed E-state index contributed by atoms with van der Waals surface area (Å²) in [6.45, 7) is 4.44. The summed E-state index contributed by atoms with van der Waals surface area (Å²) in [6, 6.07) is 0. The van der Waals surface area contributed by atoms with Gasteiger partial charge in [0.2, 0.25) is 5.11 Å². The lowest BCUT2D eigenvalue weighted by atomic mass is 10.0. The monoisotopic (exact) mass is 238 g/mol. The first kappa shape index (κ1) is 13.5. The van der Waals surface area contributed by atoms with Crippen LogP contribution in [0.3, 0.4) is 0 Å². The molecule has 1 aliphatic rings. The van der Waals surface area contributed by atoms with Gasteiger partial charge in [-0.1, -0.05) is 39.5 Å². The molecule has 0 bridgehead atoms. The van der Waals surface area contributed by atoms with E-state index in [9.17, 15) is 0 Å². The second-order valence-corrected chi connectivity index (χ2v) is 4.68. The van der Waals surface area contributed by atoms with E-state index in [1.807, 2.05) is 0 Å². The van der Waals surface area contributed by atoms with Crippen LogP contribution in [0.2, 0.25) is 0 Å². The zero-order chi connectivity index (χ0) is 11.8. The van der Waals surface area contributed by atoms with Crippen LogP contribution in [0.5, 0.6) is 0 Å². The minimum Gasteiger partial charge on any atom is -0.222 e. The number of thiocarbonyl (C=S) groups is 1. The maximum absolute atomic E-state index is 5.06. The van der Waals surface area contributed by atoms with Gasteiger partial charge in [-0.05, 0) is 37.9 Å². The molecule has 0 spiro atoms. The fraction of sp³-hybridized carbons (Fsp3) is 0.769. The number of nitrogens with zero attached hydrogens (tertiary/aromatic N) is 2. The van der Waals surface area contributed by atoms with Crippen LogP contribution >= 0.6 is 12.2 Å². The standard InChI is InChI=1S/C13H22N2S/c1-3-5-7-9-11-12(10-8-6-4-2)15-13(16)14-11/h3-10H2,1-2H3. The van der Waals surface area contributed by atoms with Gasteiger partial charge in [0, 0.05) is 0 Å². The summed E-state index contributed by atoms with van der Waals surface area (Å²) < 4.78 is 0. The van der Waals surface area contributed by atoms with Crippen molar-refractivity contribution in [3.05, 3.63) is 0 Å². The lowest BCUT2D eigenvalue weighted by Crippen LogP contribution is -2.10. The molecule has 0 radical (unpaired) electrons. The summed E-state index contributed by atoms with van der Waals surface area (Å²) in [7, 11) is 0. The average Bonchev–Trinajstić information content (AvgIpc) is 2.60. The van der Waals surface area contributed by atoms with Gasteiger partial charge in [-0.25, -0.2) is 9.98 Å². The van der Waals surface area contributed by atoms with Crippen molar-refractivity contribution in [3.8, 4) is 0 Å². The van der Waals surface area contributed by atoms with Gasteiger partial charge >= 0.3 is 0 Å². The van der Waals surface area contributed by atoms with Crippen molar-refractivity contribution < 1.29 is 0 Å². The van der Waals surface area contributed by atoms with Crippen molar-refractivity contribution >= 4 is 28.8 Å². The molecule has 16 heavy (non-hydrogen) atoms. The van der Waals surface area contributed by atoms with Crippen molar-refractivity contribution in [2.75, 3.05) is 0 Å². The Morgan fingerprint density at radius 1 is 0.812 bits per heavy atom. The zero-order valence-corrected chi connectivity index (χ0v) is 11.3. The fourth-order valence-corrected chi connectivity index (χ4v) is 2.09. The van der Waals surface area contributed by atoms with Crippen LogP contribution in [0.25, 0.3) is 0 Å². The maximum atomic E-state index is 5.06. The smallest absolute Gasteiger partial charge is 0.219 e. The van der Waals surface area contributed by atoms with Crippen LogP contribution in [0.4, 0.5) is 0 Å². The molecule has 0 aliphatic carbocycles. The van der Waals surface area contributed by atoms with Gasteiger partial charge in [-0.2, -0.15) is 0 Å². The molecule has 0 aromatic rings. The minimum absolute atomic E-state index is 0.540. The SMILES string of the molecule is CCCCCC1=NC(=S)N=C1CCCCC. The van der Waals surface area contributed by atoms with Gasteiger partial charge in [0.25, 0.3) is 0 Å². The van der Waals surface area contributed by atoms with E-state index >= 15 is 0 Å². The van der Waals surface area contributed by atoms with E-state index in [2.05, 4.69) is 23.8 Å². The molecule has 0 atom stereocenters. The maximum Gasteiger partial charge on any atom is 0.219 e. The molecule has 0 aromatic carbocycles. The average molecular weight is 238 g/mol. The van der Waals surface area contributed by atoms with Crippen molar-refractivity contribution in [2.24, 2.45) is 9.98 Å². The van der Waals surface area contributed by atoms with E-state index in [1.165, 1.54) is 38.5 Å². The molecule has 0 unspecified atom stereocenters. The van der Waals surface area contributed by atoms with Gasteiger partial charge in [-0.15, -0.1) is 0 Å². The molecule has 2 nitrogen and oxygen atoms in total. The van der Waals surface area contributed by atoms with Gasteiger partial charge in [0.15, 0.2) is 0 Å². The summed E-state index contributed by atoms with van der Waals surface area (Å²) in [5, 5.41) is 0.540. The zero-order valence-electron chi connectivity index (χ0n) is 10.5. The molecule has 0 fully saturated rings. The molecular weight excluding hydrogens is 216 g/mol. The van der Waals surface area contributed by atoms with Gasteiger partial charge in [-0.3, -0.25) is 0 Å². The highest BCUT2D eigenvalue weighted by molar-refractivity contribution is 7.80. The van der Waals surface area contributed by atoms with Gasteiger partial charge in [0.1, 0.15) is 0 Å². The molecule has 0 aromatic heterocycles. The summed E-state index contributed by atoms with van der Waals surface area (Å²) in [5.41, 5.74) is 2.32. The fourth-order valence-electron chi connectivity index (χ4n) is 1.87. The lowest BCUT2D eigenvalue weighted by molar-refractivity contribution is 0.736. The molecule has 0 saturated heterocycles. The molecule has 0 N–H and O–H groups in total. The predicted octanol–water partition coefficient (Wildman–Crippen LogP) is 4.33. The Bertz CT molecular complexity index is 264. The van der Waals surface area contributed by atoms with Crippen LogP contribution in [0, 0.1) is 0 Å². The Labute approximate surface area is 104 Å². The summed E-state index contributed by atoms with van der Waals surface area (Å²) >= 11 is 5.06. The Balaban J connectivity index is 2.39. The summed E-state index contributed by atoms with van der Waals surface area (Å²) in [6.07, 6.45) is 9.58. The largest absolute Gasteiger partial charge is 0.222 e. The number of aliphatic imine (C=N–C) groups is 2. The predicted molar refractivity (Wildman–Crippen MR) is 75.8 cm³/mol. The number of rotatable bonds is 8. The Morgan fingerprint density at radius 3 is 1.62 bits per heavy atom. The minimum atomic E-state index is 0.540. The highest BCUT2D eigenvalue weighted by atomic mass is 32.1. The highest BCUT2D eigenvalue weighted by Gasteiger charge is 2.15. The Hall–Kier alpha value is -0.570. The van der Waals surface area contributed by atoms with Crippen molar-refractivity contribution in [1.29, 1.82) is 0 Å². The molecule has 90 valence electrons. The first-order chi connectivity index (χ1) is 7.77. The van der Waals surface area contributed by atoms with Crippen LogP contribution in [0.15, 0.2) is 9.98 Å². The van der Waals surface area contributed by atoms with E-state index in [0.29, 0.717) is 5.11 Å². The second kappa shape index (κ2) is 7.66. The number of unbranched alkanes of at least 4 members (excludes halogenated alkanes) is 4. The van der Waals surface area contributed by atoms with E-state index < -0.39 is 0 Å². The first-order valence-corrected chi connectivity index (χ1v) is 6.88. The number of hydrogen-bond donors (Lipinski definition) is 0. The van der Waals surface area contributed by atoms with Crippen LogP contribution in [0.1, 0.15) is 65.2 Å². The van der Waals surface area contributed by atoms with Gasteiger partial charge < -0.3 is 0 Å². The lowest BCUT2D eigenvalue weighted by Gasteiger charge is -2.04. The van der Waals surface area contributed by atoms with E-state index in [0.717, 1.165) is 24.3 Å². The van der Waals surface area contributed by atoms with E-state index in [1.54, 1.807) is 0 Å². The second-order valence-electron chi connectivity index (χ2n) is 4.31. The molecule has 0 saturated carbocycles. The Morgan fingerprint density at radius 2 is 1.25 bits per heavy atom. The van der Waals surface area contributed by atoms with Crippen LogP contribution in [-0.2, 0) is 0 Å². The van der Waals surface area contributed by atoms with Crippen LogP contribution in [-0.4, -0.2) is 16.5 Å². The highest BCUT2D eigenvalue weighted by Crippen LogP contribution is 2.13. The molecular formula is C13H22N2S. The molecule has 0 amide bonds. The Kier molecular flexibility index (Phi) is 6.46. The van der Waals surface area contributed by atoms with Gasteiger partial charge in [0.05, 0.1) is 11.4 Å². The summed E-state index contributed by atoms with van der Waals surface area (Å²) in [4.78, 5) is 8.73. The van der Waals surface area contributed by atoms with Crippen LogP contribution < -0.4 is 0 Å². The van der Waals surface area contributed by atoms with E-state index in [4.69, 9.17) is 12.2 Å². The third-order valence-electron chi connectivity index (χ3n) is 2.83. The van der Waals surface area contributed by atoms with Crippen molar-refractivity contribution in [2.45, 2.75) is 65.2 Å². The first-order valence-electron chi connectivity index (χ1n) is 6.47. The third kappa shape index (κ3) is 4.52. The summed E-state index contributed by atoms with van der Waals surface area (Å²) in [5.74, 6) is 0. The third-order valence-corrected chi connectivity index (χ3v) is 3.01. The number of hydrogen-bond acceptors (Lipinski definition) is 1. The molecule has 1 rings (SSSR count). The molecule has 1 aliphatic heterocycles. The quantitative estimate of drug-likeness (QED) is 0.456. The van der Waals surface area contributed by atoms with Crippen molar-refractivity contribution in [1.82, 2.24) is 0 Å². The normalized spacial score (nSPS) is 15.2. The van der Waals surface area contributed by atoms with Crippen molar-refractivity contribution in [3.63, 3.8) is 0 Å². The van der Waals surface area contributed by atoms with E-state index in [-0.39, 0.29) is 0 Å². The topological polar surface area (TPSA) is 24.7 Å².